The summed E-state index contributed by atoms with van der Waals surface area (Å²) in [5, 5.41) is 0. The third-order valence-electron chi connectivity index (χ3n) is 0. The SMILES string of the molecule is O=[P+]([S-])[S-].O=[P+]([S-])[S-].[Mo+4]. The van der Waals surface area contributed by atoms with Gasteiger partial charge in [-0.1, -0.05) is 0 Å². The van der Waals surface area contributed by atoms with Crippen molar-refractivity contribution >= 4 is 61.4 Å². The molecule has 0 atom stereocenters. The Balaban J connectivity index is -0.0000000720. The van der Waals surface area contributed by atoms with E-state index in [4.69, 9.17) is 0 Å². The van der Waals surface area contributed by atoms with Crippen molar-refractivity contribution in [3.63, 3.8) is 0 Å². The quantitative estimate of drug-likeness (QED) is 0.382. The summed E-state index contributed by atoms with van der Waals surface area (Å²) in [7, 11) is 0. The molecule has 0 aromatic carbocycles. The van der Waals surface area contributed by atoms with Gasteiger partial charge in [0.1, 0.15) is 0 Å². The zero-order chi connectivity index (χ0) is 7.15. The van der Waals surface area contributed by atoms with Crippen molar-refractivity contribution in [2.75, 3.05) is 0 Å². The Morgan fingerprint density at radius 3 is 0.778 bits per heavy atom. The van der Waals surface area contributed by atoms with Gasteiger partial charge in [-0.3, -0.25) is 0 Å². The van der Waals surface area contributed by atoms with Gasteiger partial charge in [0.2, 0.25) is 0 Å². The average molecular weight is 318 g/mol. The second kappa shape index (κ2) is 12.9. The molecule has 0 rings (SSSR count). The fourth-order valence-electron chi connectivity index (χ4n) is 0. The standard InChI is InChI=1S/Mo.2HOPS2/c;2*1-2(3)4/h;2*(H,1,3,4)/q+4;;/p-2. The van der Waals surface area contributed by atoms with E-state index < -0.39 is 12.4 Å². The van der Waals surface area contributed by atoms with Gasteiger partial charge in [0.25, 0.3) is 0 Å². The molecule has 9 heavy (non-hydrogen) atoms. The van der Waals surface area contributed by atoms with Crippen LogP contribution in [-0.2, 0) is 79.2 Å². The Labute approximate surface area is 90.8 Å². The van der Waals surface area contributed by atoms with Crippen LogP contribution < -0.4 is 0 Å². The zero-order valence-electron chi connectivity index (χ0n) is 3.75. The van der Waals surface area contributed by atoms with Gasteiger partial charge in [-0.2, -0.15) is 0 Å². The fraction of sp³-hybridized carbons (Fsp3) is 0. The molecule has 0 N–H and O–H groups in total. The van der Waals surface area contributed by atoms with Crippen LogP contribution in [0.5, 0.6) is 0 Å². The van der Waals surface area contributed by atoms with Gasteiger partial charge in [0, 0.05) is 0 Å². The van der Waals surface area contributed by atoms with Gasteiger partial charge in [-0.15, -0.1) is 9.13 Å². The van der Waals surface area contributed by atoms with Gasteiger partial charge < -0.3 is 49.0 Å². The monoisotopic (exact) mass is 320 g/mol. The van der Waals surface area contributed by atoms with E-state index in [-0.39, 0.29) is 21.1 Å². The normalized spacial score (nSPS) is 5.78. The van der Waals surface area contributed by atoms with Crippen molar-refractivity contribution in [2.45, 2.75) is 0 Å². The van der Waals surface area contributed by atoms with Crippen LogP contribution in [0.15, 0.2) is 0 Å². The van der Waals surface area contributed by atoms with Crippen LogP contribution in [0.2, 0.25) is 0 Å². The predicted octanol–water partition coefficient (Wildman–Crippen LogP) is 1.47. The molecular weight excluding hydrogens is 318 g/mol. The molecule has 0 aromatic rings. The summed E-state index contributed by atoms with van der Waals surface area (Å²) in [5.74, 6) is 0. The van der Waals surface area contributed by atoms with E-state index in [1.807, 2.05) is 0 Å². The molecule has 0 aliphatic heterocycles. The number of hydrogen-bond donors (Lipinski definition) is 0. The maximum absolute atomic E-state index is 9.22. The molecule has 0 saturated heterocycles. The number of hydrogen-bond acceptors (Lipinski definition) is 6. The Morgan fingerprint density at radius 1 is 0.778 bits per heavy atom. The molecule has 0 aliphatic carbocycles. The molecule has 0 unspecified atom stereocenters. The molecule has 0 aromatic heterocycles. The van der Waals surface area contributed by atoms with Crippen LogP contribution in [0.4, 0.5) is 0 Å². The Hall–Kier alpha value is 2.29. The fourth-order valence-corrected chi connectivity index (χ4v) is 0. The Bertz CT molecular complexity index is 74.6. The summed E-state index contributed by atoms with van der Waals surface area (Å²) >= 11 is 15.8. The first-order chi connectivity index (χ1) is 3.46. The first-order valence-electron chi connectivity index (χ1n) is 1.10. The van der Waals surface area contributed by atoms with E-state index in [9.17, 15) is 9.13 Å². The van der Waals surface area contributed by atoms with Crippen LogP contribution in [0.3, 0.4) is 0 Å². The maximum atomic E-state index is 9.22. The molecule has 0 amide bonds. The summed E-state index contributed by atoms with van der Waals surface area (Å²) < 4.78 is 18.4. The minimum atomic E-state index is -1.70. The molecule has 0 radical (unpaired) electrons. The molecule has 0 aliphatic rings. The van der Waals surface area contributed by atoms with Gasteiger partial charge >= 0.3 is 21.1 Å². The van der Waals surface area contributed by atoms with E-state index in [1.165, 1.54) is 0 Å². The second-order valence-electron chi connectivity index (χ2n) is 0.447. The first-order valence-corrected chi connectivity index (χ1v) is 7.67. The van der Waals surface area contributed by atoms with Crippen molar-refractivity contribution in [2.24, 2.45) is 0 Å². The summed E-state index contributed by atoms with van der Waals surface area (Å²) in [4.78, 5) is 0. The summed E-state index contributed by atoms with van der Waals surface area (Å²) in [6, 6.07) is 0. The summed E-state index contributed by atoms with van der Waals surface area (Å²) in [6.07, 6.45) is -3.41. The van der Waals surface area contributed by atoms with E-state index in [2.05, 4.69) is 49.0 Å². The minimum Gasteiger partial charge on any atom is -0.471 e. The van der Waals surface area contributed by atoms with Gasteiger partial charge in [0.15, 0.2) is 0 Å². The second-order valence-corrected chi connectivity index (χ2v) is 6.71. The van der Waals surface area contributed by atoms with Crippen LogP contribution in [0.1, 0.15) is 0 Å². The van der Waals surface area contributed by atoms with Crippen LogP contribution in [-0.4, -0.2) is 0 Å². The molecule has 0 saturated carbocycles. The van der Waals surface area contributed by atoms with Crippen molar-refractivity contribution in [1.82, 2.24) is 0 Å². The van der Waals surface area contributed by atoms with Crippen LogP contribution >= 0.6 is 12.4 Å². The smallest absolute Gasteiger partial charge is 0.471 e. The van der Waals surface area contributed by atoms with E-state index in [0.29, 0.717) is 0 Å². The third-order valence-corrected chi connectivity index (χ3v) is 0. The van der Waals surface area contributed by atoms with E-state index in [0.717, 1.165) is 0 Å². The van der Waals surface area contributed by atoms with Crippen molar-refractivity contribution in [3.05, 3.63) is 0 Å². The minimum absolute atomic E-state index is 0. The molecule has 2 nitrogen and oxygen atoms in total. The average Bonchev–Trinajstić information content (AvgIpc) is 1.25. The van der Waals surface area contributed by atoms with Crippen molar-refractivity contribution < 1.29 is 30.2 Å². The molecule has 9 heteroatoms. The van der Waals surface area contributed by atoms with Gasteiger partial charge in [0.05, 0.1) is 12.4 Å². The van der Waals surface area contributed by atoms with Crippen molar-refractivity contribution in [1.29, 1.82) is 0 Å². The first kappa shape index (κ1) is 17.4. The Morgan fingerprint density at radius 2 is 0.778 bits per heavy atom. The molecule has 0 fully saturated rings. The molecule has 0 bridgehead atoms. The summed E-state index contributed by atoms with van der Waals surface area (Å²) in [5.41, 5.74) is 0. The maximum Gasteiger partial charge on any atom is 4.00 e. The van der Waals surface area contributed by atoms with Gasteiger partial charge in [-0.25, -0.2) is 0 Å². The van der Waals surface area contributed by atoms with Crippen molar-refractivity contribution in [3.8, 4) is 0 Å². The van der Waals surface area contributed by atoms with Gasteiger partial charge in [-0.05, 0) is 0 Å². The third kappa shape index (κ3) is 135. The van der Waals surface area contributed by atoms with E-state index >= 15 is 0 Å². The largest absolute Gasteiger partial charge is 4.00 e. The van der Waals surface area contributed by atoms with Crippen LogP contribution in [0, 0.1) is 0 Å². The molecule has 0 heterocycles. The Kier molecular flexibility index (Phi) is 25.0. The topological polar surface area (TPSA) is 34.1 Å². The molecular formula is MoO2P2S4+2. The van der Waals surface area contributed by atoms with E-state index in [1.54, 1.807) is 0 Å². The predicted molar refractivity (Wildman–Crippen MR) is 44.7 cm³/mol. The molecule has 0 spiro atoms. The zero-order valence-corrected chi connectivity index (χ0v) is 10.8. The summed E-state index contributed by atoms with van der Waals surface area (Å²) in [6.45, 7) is 0. The van der Waals surface area contributed by atoms with Crippen LogP contribution in [0.25, 0.3) is 0 Å². The molecule has 50 valence electrons. The number of rotatable bonds is 0.